The Balaban J connectivity index is 1.96. The highest BCUT2D eigenvalue weighted by atomic mass is 32.2. The summed E-state index contributed by atoms with van der Waals surface area (Å²) in [7, 11) is -17.5. The zero-order valence-electron chi connectivity index (χ0n) is 32.8. The molecule has 0 fully saturated rings. The summed E-state index contributed by atoms with van der Waals surface area (Å²) in [6.45, 7) is 20.8. The first-order valence-electron chi connectivity index (χ1n) is 17.4. The molecule has 0 spiro atoms. The van der Waals surface area contributed by atoms with Crippen LogP contribution in [0.15, 0.2) is 81.6 Å². The fourth-order valence-corrected chi connectivity index (χ4v) is 12.9. The fraction of sp³-hybridized carbons (Fsp3) is 0.400. The summed E-state index contributed by atoms with van der Waals surface area (Å²) < 4.78 is 111. The highest BCUT2D eigenvalue weighted by Crippen LogP contribution is 2.56. The lowest BCUT2D eigenvalue weighted by Gasteiger charge is -2.31. The molecule has 4 aromatic rings. The van der Waals surface area contributed by atoms with E-state index in [9.17, 15) is 36.4 Å². The number of aromatic hydroxyl groups is 3. The van der Waals surface area contributed by atoms with E-state index in [-0.39, 0.29) is 26.5 Å². The van der Waals surface area contributed by atoms with E-state index >= 15 is 8.42 Å². The van der Waals surface area contributed by atoms with Gasteiger partial charge in [-0.1, -0.05) is 83.1 Å². The Morgan fingerprint density at radius 3 is 1.15 bits per heavy atom. The summed E-state index contributed by atoms with van der Waals surface area (Å²) in [5.41, 5.74) is -2.67. The number of rotatable bonds is 0. The van der Waals surface area contributed by atoms with E-state index in [4.69, 9.17) is 4.74 Å². The Kier molecular flexibility index (Phi) is 8.92. The summed E-state index contributed by atoms with van der Waals surface area (Å²) in [4.78, 5) is -5.10. The predicted octanol–water partition coefficient (Wildman–Crippen LogP) is 8.08. The quantitative estimate of drug-likeness (QED) is 0.134. The molecule has 4 aromatic carbocycles. The molecule has 0 radical (unpaired) electrons. The van der Waals surface area contributed by atoms with Crippen molar-refractivity contribution in [2.75, 3.05) is 0 Å². The van der Waals surface area contributed by atoms with Crippen LogP contribution in [-0.2, 0) is 62.0 Å². The number of hydrogen-bond donors (Lipinski definition) is 3. The minimum absolute atomic E-state index is 0.0917. The van der Waals surface area contributed by atoms with Crippen LogP contribution in [0.3, 0.4) is 0 Å². The van der Waals surface area contributed by atoms with Gasteiger partial charge in [-0.3, -0.25) is 0 Å². The van der Waals surface area contributed by atoms with Crippen LogP contribution < -0.4 is 4.74 Å². The van der Waals surface area contributed by atoms with Gasteiger partial charge in [-0.15, -0.1) is 0 Å². The van der Waals surface area contributed by atoms with Gasteiger partial charge in [0.2, 0.25) is 29.5 Å². The van der Waals surface area contributed by atoms with Gasteiger partial charge >= 0.3 is 0 Å². The molecule has 1 atom stereocenters. The van der Waals surface area contributed by atoms with Gasteiger partial charge in [0.1, 0.15) is 29.4 Å². The zero-order chi connectivity index (χ0) is 41.5. The van der Waals surface area contributed by atoms with Crippen LogP contribution in [-0.4, -0.2) is 44.8 Å². The maximum Gasteiger partial charge on any atom is 0.214 e. The summed E-state index contributed by atoms with van der Waals surface area (Å²) in [6.07, 6.45) is 0. The first-order chi connectivity index (χ1) is 24.7. The lowest BCUT2D eigenvalue weighted by Crippen LogP contribution is -2.22. The molecular formula is C40H46O11S4. The van der Waals surface area contributed by atoms with Crippen molar-refractivity contribution in [3.8, 4) is 28.7 Å². The minimum atomic E-state index is -5.14. The van der Waals surface area contributed by atoms with Gasteiger partial charge in [-0.2, -0.15) is 0 Å². The Bertz CT molecular complexity index is 2740. The molecule has 2 aliphatic rings. The van der Waals surface area contributed by atoms with Crippen molar-refractivity contribution in [1.29, 1.82) is 0 Å². The highest BCUT2D eigenvalue weighted by Gasteiger charge is 2.44. The van der Waals surface area contributed by atoms with Crippen LogP contribution in [0.2, 0.25) is 0 Å². The van der Waals surface area contributed by atoms with Crippen LogP contribution in [0.4, 0.5) is 0 Å². The summed E-state index contributed by atoms with van der Waals surface area (Å²) in [6, 6.07) is 8.38. The number of ether oxygens (including phenoxy) is 1. The molecular weight excluding hydrogens is 785 g/mol. The molecule has 0 unspecified atom stereocenters. The molecule has 11 nitrogen and oxygen atoms in total. The maximum absolute atomic E-state index is 15.1. The van der Waals surface area contributed by atoms with Crippen LogP contribution >= 0.6 is 0 Å². The Morgan fingerprint density at radius 2 is 0.782 bits per heavy atom. The van der Waals surface area contributed by atoms with Crippen LogP contribution in [0, 0.1) is 0 Å². The third-order valence-corrected chi connectivity index (χ3v) is 16.8. The molecule has 7 bridgehead atoms. The molecule has 296 valence electrons. The molecule has 15 heteroatoms. The number of fused-ring (bicyclic) bond motifs is 5. The van der Waals surface area contributed by atoms with Crippen molar-refractivity contribution in [2.45, 2.75) is 144 Å². The van der Waals surface area contributed by atoms with Gasteiger partial charge < -0.3 is 20.1 Å². The summed E-state index contributed by atoms with van der Waals surface area (Å²) >= 11 is 0. The van der Waals surface area contributed by atoms with Crippen molar-refractivity contribution in [2.24, 2.45) is 0 Å². The molecule has 2 heterocycles. The van der Waals surface area contributed by atoms with Crippen LogP contribution in [0.25, 0.3) is 0 Å². The van der Waals surface area contributed by atoms with Gasteiger partial charge in [-0.05, 0) is 86.4 Å². The number of benzene rings is 4. The van der Waals surface area contributed by atoms with E-state index in [1.165, 1.54) is 12.1 Å². The number of sulfone groups is 3. The fourth-order valence-electron chi connectivity index (χ4n) is 6.51. The molecule has 0 amide bonds. The average Bonchev–Trinajstić information content (AvgIpc) is 3.02. The van der Waals surface area contributed by atoms with E-state index in [1.807, 2.05) is 0 Å². The van der Waals surface area contributed by atoms with E-state index in [1.54, 1.807) is 83.1 Å². The van der Waals surface area contributed by atoms with Crippen molar-refractivity contribution in [1.82, 2.24) is 0 Å². The normalized spacial score (nSPS) is 18.6. The Morgan fingerprint density at radius 1 is 0.455 bits per heavy atom. The first kappa shape index (κ1) is 40.7. The largest absolute Gasteiger partial charge is 0.505 e. The predicted molar refractivity (Wildman–Crippen MR) is 207 cm³/mol. The number of phenols is 3. The SMILES string of the molecule is CC(C)(C)c1cc2c(O)c(c1)S(=O)(=O)c1cc(C(C)(C)C)c3c(c1O)Oc1c(cc(C(C)(C)C)cc1S(=O)(=O)c1cc(C(C)(C)C)cc(c1O)S2(=O)=O)[S@@]3=O. The van der Waals surface area contributed by atoms with Crippen LogP contribution in [0.1, 0.15) is 105 Å². The van der Waals surface area contributed by atoms with Gasteiger partial charge in [0.05, 0.1) is 20.6 Å². The standard InChI is InChI=1S/C40H46O11S4/c1-37(2,3)20-13-24-34-30(18-20)55(49,50)28-17-22(39(7,8)9)15-26(32(28)42)53(45,46)25-14-21(38(4,5)6)16-27(31(25)41)54(47,48)29-19-23(40(10,11)12)36(52(24)44)35(51-34)33(29)43/h13-19,41-43H,1-12H3/t52-/m0/s1. The summed E-state index contributed by atoms with van der Waals surface area (Å²) in [5.74, 6) is -4.50. The highest BCUT2D eigenvalue weighted by molar-refractivity contribution is 7.93. The third-order valence-electron chi connectivity index (χ3n) is 10.0. The lowest BCUT2D eigenvalue weighted by atomic mass is 9.86. The van der Waals surface area contributed by atoms with E-state index in [0.717, 1.165) is 30.3 Å². The Labute approximate surface area is 325 Å². The molecule has 0 saturated heterocycles. The molecule has 0 aromatic heterocycles. The minimum Gasteiger partial charge on any atom is -0.505 e. The second-order valence-corrected chi connectivity index (χ2v) is 25.3. The van der Waals surface area contributed by atoms with E-state index in [2.05, 4.69) is 0 Å². The van der Waals surface area contributed by atoms with Gasteiger partial charge in [0.15, 0.2) is 28.7 Å². The van der Waals surface area contributed by atoms with E-state index in [0.29, 0.717) is 5.56 Å². The molecule has 3 N–H and O–H groups in total. The molecule has 2 aliphatic heterocycles. The maximum atomic E-state index is 15.1. The topological polar surface area (TPSA) is 189 Å². The lowest BCUT2D eigenvalue weighted by molar-refractivity contribution is 0.371. The second kappa shape index (κ2) is 12.0. The molecule has 55 heavy (non-hydrogen) atoms. The van der Waals surface area contributed by atoms with Gasteiger partial charge in [0, 0.05) is 0 Å². The number of hydrogen-bond acceptors (Lipinski definition) is 11. The number of phenolic OH excluding ortho intramolecular Hbond substituents is 3. The van der Waals surface area contributed by atoms with Gasteiger partial charge in [-0.25, -0.2) is 29.5 Å². The van der Waals surface area contributed by atoms with Crippen molar-refractivity contribution in [3.05, 3.63) is 64.7 Å². The van der Waals surface area contributed by atoms with Crippen molar-refractivity contribution in [3.63, 3.8) is 0 Å². The Hall–Kier alpha value is -3.92. The smallest absolute Gasteiger partial charge is 0.214 e. The zero-order valence-corrected chi connectivity index (χ0v) is 36.0. The molecule has 0 aliphatic carbocycles. The molecule has 0 saturated carbocycles. The molecule has 6 rings (SSSR count). The monoisotopic (exact) mass is 830 g/mol. The first-order valence-corrected chi connectivity index (χ1v) is 23.0. The second-order valence-electron chi connectivity index (χ2n) is 18.3. The van der Waals surface area contributed by atoms with Crippen molar-refractivity contribution >= 4 is 40.3 Å². The summed E-state index contributed by atoms with van der Waals surface area (Å²) in [5, 5.41) is 35.6. The van der Waals surface area contributed by atoms with E-state index < -0.39 is 120 Å². The third kappa shape index (κ3) is 6.25. The average molecular weight is 831 g/mol. The van der Waals surface area contributed by atoms with Crippen LogP contribution in [0.5, 0.6) is 28.7 Å². The van der Waals surface area contributed by atoms with Crippen molar-refractivity contribution < 1.29 is 49.5 Å². The van der Waals surface area contributed by atoms with Gasteiger partial charge in [0.25, 0.3) is 0 Å².